The van der Waals surface area contributed by atoms with Gasteiger partial charge in [0.25, 0.3) is 0 Å². The summed E-state index contributed by atoms with van der Waals surface area (Å²) in [5, 5.41) is 7.69. The standard InChI is InChI=1S/C21H28N8OS/c22-14-3-5-15(6-4-14)24-20-25-16(13-29-8-10-30-11-9-29)12-18(27-20)28-21-26-17-2-1-7-23-19(17)31-21/h1-2,7,12,14-15H,3-6,8-11,13,22H2,(H2,24,25,26,27,28). The maximum atomic E-state index is 6.06. The van der Waals surface area contributed by atoms with Crippen LogP contribution in [0.5, 0.6) is 0 Å². The fraction of sp³-hybridized carbons (Fsp3) is 0.524. The van der Waals surface area contributed by atoms with E-state index in [0.29, 0.717) is 18.0 Å². The molecule has 164 valence electrons. The van der Waals surface area contributed by atoms with Crippen molar-refractivity contribution in [3.8, 4) is 0 Å². The predicted octanol–water partition coefficient (Wildman–Crippen LogP) is 2.74. The molecular weight excluding hydrogens is 412 g/mol. The molecule has 3 aromatic rings. The van der Waals surface area contributed by atoms with E-state index in [1.165, 1.54) is 11.3 Å². The second-order valence-corrected chi connectivity index (χ2v) is 9.16. The zero-order chi connectivity index (χ0) is 21.0. The fourth-order valence-corrected chi connectivity index (χ4v) is 4.89. The van der Waals surface area contributed by atoms with Crippen molar-refractivity contribution in [3.05, 3.63) is 30.1 Å². The number of thiazole rings is 1. The van der Waals surface area contributed by atoms with Gasteiger partial charge in [0, 0.05) is 44.0 Å². The first-order valence-corrected chi connectivity index (χ1v) is 11.7. The van der Waals surface area contributed by atoms with Crippen LogP contribution in [-0.2, 0) is 11.3 Å². The molecule has 0 radical (unpaired) electrons. The number of hydrogen-bond acceptors (Lipinski definition) is 10. The molecule has 1 aliphatic carbocycles. The lowest BCUT2D eigenvalue weighted by Crippen LogP contribution is -2.36. The van der Waals surface area contributed by atoms with Crippen molar-refractivity contribution in [2.45, 2.75) is 44.3 Å². The van der Waals surface area contributed by atoms with E-state index in [9.17, 15) is 0 Å². The molecule has 2 fully saturated rings. The van der Waals surface area contributed by atoms with E-state index in [2.05, 4.69) is 25.5 Å². The van der Waals surface area contributed by atoms with Gasteiger partial charge in [0.15, 0.2) is 5.13 Å². The van der Waals surface area contributed by atoms with Crippen LogP contribution in [0.15, 0.2) is 24.4 Å². The molecule has 0 spiro atoms. The third-order valence-electron chi connectivity index (χ3n) is 5.77. The summed E-state index contributed by atoms with van der Waals surface area (Å²) in [7, 11) is 0. The lowest BCUT2D eigenvalue weighted by molar-refractivity contribution is 0.0336. The molecule has 0 aromatic carbocycles. The molecule has 1 saturated heterocycles. The van der Waals surface area contributed by atoms with Gasteiger partial charge in [-0.1, -0.05) is 11.3 Å². The second kappa shape index (κ2) is 9.39. The Morgan fingerprint density at radius 1 is 1.13 bits per heavy atom. The number of aromatic nitrogens is 4. The Kier molecular flexibility index (Phi) is 6.21. The number of anilines is 3. The molecule has 3 aromatic heterocycles. The highest BCUT2D eigenvalue weighted by atomic mass is 32.1. The van der Waals surface area contributed by atoms with Gasteiger partial charge in [0.2, 0.25) is 5.95 Å². The number of morpholine rings is 1. The fourth-order valence-electron chi connectivity index (χ4n) is 4.07. The van der Waals surface area contributed by atoms with E-state index in [-0.39, 0.29) is 0 Å². The Morgan fingerprint density at radius 2 is 1.97 bits per heavy atom. The monoisotopic (exact) mass is 440 g/mol. The third kappa shape index (κ3) is 5.27. The van der Waals surface area contributed by atoms with Gasteiger partial charge in [-0.05, 0) is 37.8 Å². The zero-order valence-electron chi connectivity index (χ0n) is 17.5. The average molecular weight is 441 g/mol. The molecule has 9 nitrogen and oxygen atoms in total. The van der Waals surface area contributed by atoms with Crippen molar-refractivity contribution in [1.82, 2.24) is 24.8 Å². The van der Waals surface area contributed by atoms with Crippen molar-refractivity contribution in [1.29, 1.82) is 0 Å². The van der Waals surface area contributed by atoms with Crippen LogP contribution < -0.4 is 16.4 Å². The summed E-state index contributed by atoms with van der Waals surface area (Å²) in [6.07, 6.45) is 5.95. The molecular formula is C21H28N8OS. The molecule has 10 heteroatoms. The summed E-state index contributed by atoms with van der Waals surface area (Å²) < 4.78 is 5.48. The minimum atomic E-state index is 0.316. The van der Waals surface area contributed by atoms with E-state index < -0.39 is 0 Å². The summed E-state index contributed by atoms with van der Waals surface area (Å²) in [4.78, 5) is 21.8. The number of fused-ring (bicyclic) bond motifs is 1. The Bertz CT molecular complexity index is 981. The molecule has 0 atom stereocenters. The summed E-state index contributed by atoms with van der Waals surface area (Å²) in [5.41, 5.74) is 7.93. The van der Waals surface area contributed by atoms with Gasteiger partial charge in [-0.15, -0.1) is 0 Å². The van der Waals surface area contributed by atoms with Gasteiger partial charge < -0.3 is 21.1 Å². The predicted molar refractivity (Wildman–Crippen MR) is 123 cm³/mol. The van der Waals surface area contributed by atoms with Crippen LogP contribution in [0.3, 0.4) is 0 Å². The molecule has 2 aliphatic rings. The zero-order valence-corrected chi connectivity index (χ0v) is 18.3. The summed E-state index contributed by atoms with van der Waals surface area (Å²) in [6, 6.07) is 6.55. The molecule has 5 rings (SSSR count). The number of nitrogens with two attached hydrogens (primary N) is 1. The first-order valence-electron chi connectivity index (χ1n) is 10.9. The van der Waals surface area contributed by atoms with E-state index in [1.807, 2.05) is 18.2 Å². The lowest BCUT2D eigenvalue weighted by atomic mass is 9.92. The van der Waals surface area contributed by atoms with Crippen molar-refractivity contribution in [2.24, 2.45) is 5.73 Å². The van der Waals surface area contributed by atoms with Crippen LogP contribution in [0.2, 0.25) is 0 Å². The highest BCUT2D eigenvalue weighted by molar-refractivity contribution is 7.21. The van der Waals surface area contributed by atoms with Crippen LogP contribution in [0.4, 0.5) is 16.9 Å². The number of nitrogens with one attached hydrogen (secondary N) is 2. The third-order valence-corrected chi connectivity index (χ3v) is 6.67. The van der Waals surface area contributed by atoms with Crippen LogP contribution in [0.25, 0.3) is 10.3 Å². The maximum Gasteiger partial charge on any atom is 0.225 e. The number of ether oxygens (including phenoxy) is 1. The van der Waals surface area contributed by atoms with Crippen LogP contribution in [0, 0.1) is 0 Å². The van der Waals surface area contributed by atoms with E-state index in [1.54, 1.807) is 6.20 Å². The lowest BCUT2D eigenvalue weighted by Gasteiger charge is -2.28. The number of hydrogen-bond donors (Lipinski definition) is 3. The highest BCUT2D eigenvalue weighted by Crippen LogP contribution is 2.27. The van der Waals surface area contributed by atoms with Crippen molar-refractivity contribution >= 4 is 38.6 Å². The normalized spacial score (nSPS) is 22.5. The number of rotatable bonds is 6. The molecule has 0 unspecified atom stereocenters. The number of nitrogens with zero attached hydrogens (tertiary/aromatic N) is 5. The highest BCUT2D eigenvalue weighted by Gasteiger charge is 2.20. The minimum absolute atomic E-state index is 0.316. The molecule has 1 saturated carbocycles. The number of pyridine rings is 1. The van der Waals surface area contributed by atoms with Gasteiger partial charge in [-0.2, -0.15) is 4.98 Å². The van der Waals surface area contributed by atoms with E-state index in [0.717, 1.165) is 85.5 Å². The quantitative estimate of drug-likeness (QED) is 0.532. The SMILES string of the molecule is NC1CCC(Nc2nc(CN3CCOCC3)cc(Nc3nc4cccnc4s3)n2)CC1. The van der Waals surface area contributed by atoms with Gasteiger partial charge in [0.05, 0.1) is 18.9 Å². The molecule has 1 aliphatic heterocycles. The van der Waals surface area contributed by atoms with Gasteiger partial charge in [0.1, 0.15) is 16.2 Å². The van der Waals surface area contributed by atoms with Gasteiger partial charge in [-0.25, -0.2) is 15.0 Å². The molecule has 0 amide bonds. The van der Waals surface area contributed by atoms with Crippen molar-refractivity contribution in [3.63, 3.8) is 0 Å². The van der Waals surface area contributed by atoms with Gasteiger partial charge >= 0.3 is 0 Å². The van der Waals surface area contributed by atoms with Crippen molar-refractivity contribution in [2.75, 3.05) is 36.9 Å². The van der Waals surface area contributed by atoms with E-state index >= 15 is 0 Å². The second-order valence-electron chi connectivity index (χ2n) is 8.18. The Hall–Kier alpha value is -2.40. The Morgan fingerprint density at radius 3 is 2.77 bits per heavy atom. The van der Waals surface area contributed by atoms with Crippen molar-refractivity contribution < 1.29 is 4.74 Å². The summed E-state index contributed by atoms with van der Waals surface area (Å²) >= 11 is 1.52. The first-order chi connectivity index (χ1) is 15.2. The van der Waals surface area contributed by atoms with Gasteiger partial charge in [-0.3, -0.25) is 4.90 Å². The molecule has 4 heterocycles. The van der Waals surface area contributed by atoms with E-state index in [4.69, 9.17) is 20.4 Å². The van der Waals surface area contributed by atoms with Crippen LogP contribution >= 0.6 is 11.3 Å². The average Bonchev–Trinajstić information content (AvgIpc) is 3.18. The largest absolute Gasteiger partial charge is 0.379 e. The Labute approximate surface area is 185 Å². The molecule has 31 heavy (non-hydrogen) atoms. The molecule has 0 bridgehead atoms. The summed E-state index contributed by atoms with van der Waals surface area (Å²) in [5.74, 6) is 1.40. The first kappa shape index (κ1) is 20.5. The summed E-state index contributed by atoms with van der Waals surface area (Å²) in [6.45, 7) is 4.13. The van der Waals surface area contributed by atoms with Crippen LogP contribution in [-0.4, -0.2) is 63.2 Å². The molecule has 4 N–H and O–H groups in total. The van der Waals surface area contributed by atoms with Crippen LogP contribution in [0.1, 0.15) is 31.4 Å². The topological polar surface area (TPSA) is 114 Å². The minimum Gasteiger partial charge on any atom is -0.379 e. The maximum absolute atomic E-state index is 6.06. The smallest absolute Gasteiger partial charge is 0.225 e. The Balaban J connectivity index is 1.37.